The Bertz CT molecular complexity index is 1050. The van der Waals surface area contributed by atoms with Crippen LogP contribution in [0.1, 0.15) is 12.6 Å². The standard InChI is InChI=1S/C18H17F2N5O4S/c1-10(8-24-11(2)7-15(23-24)25(27)28)16(26)22-18-21-14(9-30-18)12-3-5-13(6-4-12)29-17(19)20/h3-7,9-10,17H,8H2,1-2H3,(H,21,22,26). The van der Waals surface area contributed by atoms with Crippen LogP contribution in [0.2, 0.25) is 0 Å². The molecule has 158 valence electrons. The molecule has 1 atom stereocenters. The summed E-state index contributed by atoms with van der Waals surface area (Å²) >= 11 is 1.22. The molecule has 9 nitrogen and oxygen atoms in total. The van der Waals surface area contributed by atoms with Gasteiger partial charge in [-0.15, -0.1) is 11.3 Å². The van der Waals surface area contributed by atoms with Crippen molar-refractivity contribution in [3.05, 3.63) is 51.5 Å². The number of benzene rings is 1. The number of amides is 1. The molecular weight excluding hydrogens is 420 g/mol. The van der Waals surface area contributed by atoms with E-state index in [9.17, 15) is 23.7 Å². The number of nitrogens with zero attached hydrogens (tertiary/aromatic N) is 4. The van der Waals surface area contributed by atoms with Gasteiger partial charge >= 0.3 is 12.4 Å². The van der Waals surface area contributed by atoms with Crippen molar-refractivity contribution < 1.29 is 23.2 Å². The Hall–Kier alpha value is -3.41. The van der Waals surface area contributed by atoms with E-state index in [1.165, 1.54) is 34.2 Å². The van der Waals surface area contributed by atoms with E-state index < -0.39 is 17.5 Å². The molecule has 0 aliphatic carbocycles. The molecule has 30 heavy (non-hydrogen) atoms. The largest absolute Gasteiger partial charge is 0.435 e. The van der Waals surface area contributed by atoms with E-state index in [-0.39, 0.29) is 24.0 Å². The number of halogens is 2. The second-order valence-electron chi connectivity index (χ2n) is 6.41. The highest BCUT2D eigenvalue weighted by atomic mass is 32.1. The number of nitro groups is 1. The molecule has 0 bridgehead atoms. The molecule has 3 rings (SSSR count). The Morgan fingerprint density at radius 1 is 1.37 bits per heavy atom. The lowest BCUT2D eigenvalue weighted by Crippen LogP contribution is -2.25. The highest BCUT2D eigenvalue weighted by Gasteiger charge is 2.21. The topological polar surface area (TPSA) is 112 Å². The highest BCUT2D eigenvalue weighted by Crippen LogP contribution is 2.27. The molecule has 2 aromatic heterocycles. The zero-order chi connectivity index (χ0) is 21.8. The second-order valence-corrected chi connectivity index (χ2v) is 7.27. The average Bonchev–Trinajstić information content (AvgIpc) is 3.29. The number of nitrogens with one attached hydrogen (secondary N) is 1. The predicted molar refractivity (Wildman–Crippen MR) is 106 cm³/mol. The predicted octanol–water partition coefficient (Wildman–Crippen LogP) is 4.10. The summed E-state index contributed by atoms with van der Waals surface area (Å²) < 4.78 is 30.2. The Kier molecular flexibility index (Phi) is 6.35. The van der Waals surface area contributed by atoms with Crippen LogP contribution in [-0.4, -0.2) is 32.2 Å². The summed E-state index contributed by atoms with van der Waals surface area (Å²) in [4.78, 5) is 27.0. The lowest BCUT2D eigenvalue weighted by Gasteiger charge is -2.09. The quantitative estimate of drug-likeness (QED) is 0.419. The molecule has 1 unspecified atom stereocenters. The van der Waals surface area contributed by atoms with Crippen LogP contribution in [0.3, 0.4) is 0 Å². The molecule has 0 aliphatic heterocycles. The van der Waals surface area contributed by atoms with E-state index in [4.69, 9.17) is 0 Å². The number of hydrogen-bond acceptors (Lipinski definition) is 7. The van der Waals surface area contributed by atoms with E-state index in [1.54, 1.807) is 31.4 Å². The van der Waals surface area contributed by atoms with Gasteiger partial charge in [-0.1, -0.05) is 6.92 Å². The van der Waals surface area contributed by atoms with Crippen molar-refractivity contribution in [1.29, 1.82) is 0 Å². The second kappa shape index (κ2) is 8.95. The van der Waals surface area contributed by atoms with Crippen LogP contribution < -0.4 is 10.1 Å². The van der Waals surface area contributed by atoms with Gasteiger partial charge in [0.15, 0.2) is 5.13 Å². The molecule has 1 amide bonds. The number of carbonyl (C=O) groups is 1. The van der Waals surface area contributed by atoms with E-state index in [2.05, 4.69) is 20.1 Å². The first-order valence-electron chi connectivity index (χ1n) is 8.73. The van der Waals surface area contributed by atoms with E-state index in [1.807, 2.05) is 0 Å². The Balaban J connectivity index is 1.62. The Morgan fingerprint density at radius 2 is 2.07 bits per heavy atom. The number of rotatable bonds is 8. The molecule has 3 aromatic rings. The number of aryl methyl sites for hydroxylation is 1. The summed E-state index contributed by atoms with van der Waals surface area (Å²) in [5.41, 5.74) is 1.84. The molecule has 0 aliphatic rings. The number of aromatic nitrogens is 3. The van der Waals surface area contributed by atoms with E-state index >= 15 is 0 Å². The van der Waals surface area contributed by atoms with Crippen molar-refractivity contribution >= 4 is 28.2 Å². The fourth-order valence-electron chi connectivity index (χ4n) is 2.61. The normalized spacial score (nSPS) is 12.0. The third-order valence-corrected chi connectivity index (χ3v) is 4.92. The maximum absolute atomic E-state index is 12.5. The Labute approximate surface area is 173 Å². The molecule has 0 fully saturated rings. The van der Waals surface area contributed by atoms with Gasteiger partial charge in [-0.3, -0.25) is 4.79 Å². The lowest BCUT2D eigenvalue weighted by atomic mass is 10.1. The summed E-state index contributed by atoms with van der Waals surface area (Å²) in [5.74, 6) is -1.05. The fourth-order valence-corrected chi connectivity index (χ4v) is 3.33. The van der Waals surface area contributed by atoms with Crippen molar-refractivity contribution in [3.8, 4) is 17.0 Å². The number of thiazole rings is 1. The molecule has 0 saturated heterocycles. The van der Waals surface area contributed by atoms with Crippen LogP contribution in [0, 0.1) is 23.0 Å². The van der Waals surface area contributed by atoms with Gasteiger partial charge in [0.2, 0.25) is 5.91 Å². The molecule has 0 radical (unpaired) electrons. The monoisotopic (exact) mass is 437 g/mol. The fraction of sp³-hybridized carbons (Fsp3) is 0.278. The lowest BCUT2D eigenvalue weighted by molar-refractivity contribution is -0.389. The SMILES string of the molecule is Cc1cc([N+](=O)[O-])nn1CC(C)C(=O)Nc1nc(-c2ccc(OC(F)F)cc2)cs1. The van der Waals surface area contributed by atoms with Gasteiger partial charge in [0.25, 0.3) is 0 Å². The summed E-state index contributed by atoms with van der Waals surface area (Å²) in [5, 5.41) is 19.5. The average molecular weight is 437 g/mol. The van der Waals surface area contributed by atoms with Crippen LogP contribution in [0.25, 0.3) is 11.3 Å². The summed E-state index contributed by atoms with van der Waals surface area (Å²) in [6.07, 6.45) is 0. The number of anilines is 1. The van der Waals surface area contributed by atoms with Gasteiger partial charge in [-0.05, 0) is 36.1 Å². The Morgan fingerprint density at radius 3 is 2.67 bits per heavy atom. The number of ether oxygens (including phenoxy) is 1. The zero-order valence-electron chi connectivity index (χ0n) is 15.9. The number of hydrogen-bond donors (Lipinski definition) is 1. The van der Waals surface area contributed by atoms with Crippen LogP contribution in [0.15, 0.2) is 35.7 Å². The van der Waals surface area contributed by atoms with E-state index in [0.717, 1.165) is 0 Å². The number of alkyl halides is 2. The van der Waals surface area contributed by atoms with Crippen LogP contribution in [0.4, 0.5) is 19.7 Å². The molecule has 0 saturated carbocycles. The zero-order valence-corrected chi connectivity index (χ0v) is 16.7. The van der Waals surface area contributed by atoms with Gasteiger partial charge in [0.1, 0.15) is 5.75 Å². The minimum Gasteiger partial charge on any atom is -0.435 e. The summed E-state index contributed by atoms with van der Waals surface area (Å²) in [7, 11) is 0. The van der Waals surface area contributed by atoms with Gasteiger partial charge in [-0.2, -0.15) is 13.5 Å². The summed E-state index contributed by atoms with van der Waals surface area (Å²) in [6.45, 7) is 0.638. The third kappa shape index (κ3) is 5.14. The van der Waals surface area contributed by atoms with Crippen molar-refractivity contribution in [2.24, 2.45) is 5.92 Å². The smallest absolute Gasteiger partial charge is 0.390 e. The van der Waals surface area contributed by atoms with Crippen LogP contribution in [0.5, 0.6) is 5.75 Å². The van der Waals surface area contributed by atoms with Gasteiger partial charge in [0, 0.05) is 10.9 Å². The van der Waals surface area contributed by atoms with Gasteiger partial charge < -0.3 is 20.2 Å². The van der Waals surface area contributed by atoms with Gasteiger partial charge in [0.05, 0.1) is 35.0 Å². The first-order chi connectivity index (χ1) is 14.2. The van der Waals surface area contributed by atoms with Gasteiger partial charge in [-0.25, -0.2) is 4.98 Å². The molecule has 12 heteroatoms. The summed E-state index contributed by atoms with van der Waals surface area (Å²) in [6, 6.07) is 7.34. The first-order valence-corrected chi connectivity index (χ1v) is 9.61. The third-order valence-electron chi connectivity index (χ3n) is 4.16. The van der Waals surface area contributed by atoms with E-state index in [0.29, 0.717) is 22.1 Å². The molecule has 1 N–H and O–H groups in total. The van der Waals surface area contributed by atoms with Crippen molar-refractivity contribution in [3.63, 3.8) is 0 Å². The molecule has 1 aromatic carbocycles. The molecule has 0 spiro atoms. The first kappa shape index (κ1) is 21.3. The van der Waals surface area contributed by atoms with Crippen molar-refractivity contribution in [2.75, 3.05) is 5.32 Å². The maximum Gasteiger partial charge on any atom is 0.390 e. The molecular formula is C18H17F2N5O4S. The van der Waals surface area contributed by atoms with Crippen LogP contribution in [-0.2, 0) is 11.3 Å². The minimum atomic E-state index is -2.89. The van der Waals surface area contributed by atoms with Crippen molar-refractivity contribution in [2.45, 2.75) is 27.0 Å². The highest BCUT2D eigenvalue weighted by molar-refractivity contribution is 7.14. The van der Waals surface area contributed by atoms with Crippen LogP contribution >= 0.6 is 11.3 Å². The van der Waals surface area contributed by atoms with Crippen molar-refractivity contribution in [1.82, 2.24) is 14.8 Å². The maximum atomic E-state index is 12.5. The minimum absolute atomic E-state index is 0.0421. The number of carbonyl (C=O) groups excluding carboxylic acids is 1. The molecule has 2 heterocycles.